The van der Waals surface area contributed by atoms with Crippen molar-refractivity contribution in [1.29, 1.82) is 0 Å². The first kappa shape index (κ1) is 17.0. The van der Waals surface area contributed by atoms with Gasteiger partial charge in [-0.15, -0.1) is 0 Å². The lowest BCUT2D eigenvalue weighted by Gasteiger charge is -2.05. The van der Waals surface area contributed by atoms with Crippen LogP contribution in [0.25, 0.3) is 16.7 Å². The number of para-hydroxylation sites is 1. The van der Waals surface area contributed by atoms with Crippen molar-refractivity contribution < 1.29 is 4.79 Å². The number of aromatic amines is 1. The summed E-state index contributed by atoms with van der Waals surface area (Å²) < 4.78 is 1.90. The first-order valence-electron chi connectivity index (χ1n) is 8.90. The zero-order chi connectivity index (χ0) is 18.6. The Labute approximate surface area is 156 Å². The van der Waals surface area contributed by atoms with Gasteiger partial charge in [0, 0.05) is 18.3 Å². The van der Waals surface area contributed by atoms with Crippen molar-refractivity contribution in [2.75, 3.05) is 6.54 Å². The van der Waals surface area contributed by atoms with Gasteiger partial charge in [0.1, 0.15) is 11.0 Å². The Balaban J connectivity index is 1.32. The second kappa shape index (κ2) is 7.41. The summed E-state index contributed by atoms with van der Waals surface area (Å²) >= 11 is 0. The molecular weight excluding hydrogens is 340 g/mol. The third-order valence-electron chi connectivity index (χ3n) is 4.51. The Kier molecular flexibility index (Phi) is 4.65. The monoisotopic (exact) mass is 360 g/mol. The molecule has 0 bridgehead atoms. The van der Waals surface area contributed by atoms with Crippen LogP contribution in [0, 0.1) is 6.92 Å². The van der Waals surface area contributed by atoms with E-state index in [1.807, 2.05) is 41.9 Å². The Morgan fingerprint density at radius 3 is 2.78 bits per heavy atom. The predicted octanol–water partition coefficient (Wildman–Crippen LogP) is 2.81. The summed E-state index contributed by atoms with van der Waals surface area (Å²) in [6, 6.07) is 15.3. The molecule has 0 aliphatic heterocycles. The quantitative estimate of drug-likeness (QED) is 0.518. The van der Waals surface area contributed by atoms with Crippen molar-refractivity contribution in [2.45, 2.75) is 19.8 Å². The molecule has 0 aliphatic rings. The molecule has 4 rings (SSSR count). The average molecular weight is 360 g/mol. The number of carbonyl (C=O) groups excluding carboxylic acids is 1. The normalized spacial score (nSPS) is 11.0. The first-order chi connectivity index (χ1) is 13.2. The van der Waals surface area contributed by atoms with Crippen molar-refractivity contribution >= 4 is 16.9 Å². The molecule has 0 unspecified atom stereocenters. The predicted molar refractivity (Wildman–Crippen MR) is 103 cm³/mol. The van der Waals surface area contributed by atoms with Gasteiger partial charge in [0.15, 0.2) is 0 Å². The van der Waals surface area contributed by atoms with Crippen molar-refractivity contribution in [2.24, 2.45) is 0 Å². The van der Waals surface area contributed by atoms with E-state index >= 15 is 0 Å². The molecular formula is C20H20N6O. The number of nitrogens with zero attached hydrogens (tertiary/aromatic N) is 4. The number of aromatic nitrogens is 5. The highest BCUT2D eigenvalue weighted by Crippen LogP contribution is 2.14. The van der Waals surface area contributed by atoms with Gasteiger partial charge in [-0.2, -0.15) is 20.5 Å². The fraction of sp³-hybridized carbons (Fsp3) is 0.200. The van der Waals surface area contributed by atoms with Gasteiger partial charge >= 0.3 is 0 Å². The molecule has 2 heterocycles. The molecule has 27 heavy (non-hydrogen) atoms. The zero-order valence-corrected chi connectivity index (χ0v) is 15.0. The molecule has 0 saturated heterocycles. The van der Waals surface area contributed by atoms with Gasteiger partial charge in [-0.1, -0.05) is 18.2 Å². The van der Waals surface area contributed by atoms with Gasteiger partial charge < -0.3 is 5.32 Å². The van der Waals surface area contributed by atoms with Crippen molar-refractivity contribution in [3.63, 3.8) is 0 Å². The molecule has 4 aromatic rings. The number of amides is 1. The van der Waals surface area contributed by atoms with E-state index in [4.69, 9.17) is 0 Å². The maximum atomic E-state index is 12.3. The fourth-order valence-corrected chi connectivity index (χ4v) is 3.02. The highest BCUT2D eigenvalue weighted by molar-refractivity contribution is 5.97. The number of benzene rings is 2. The van der Waals surface area contributed by atoms with Crippen LogP contribution in [0.1, 0.15) is 28.0 Å². The van der Waals surface area contributed by atoms with E-state index in [9.17, 15) is 4.79 Å². The van der Waals surface area contributed by atoms with Crippen molar-refractivity contribution in [3.8, 4) is 5.69 Å². The molecule has 0 atom stereocenters. The van der Waals surface area contributed by atoms with E-state index < -0.39 is 0 Å². The minimum atomic E-state index is -0.100. The molecule has 2 N–H and O–H groups in total. The number of H-pyrrole nitrogens is 1. The highest BCUT2D eigenvalue weighted by atomic mass is 16.1. The maximum Gasteiger partial charge on any atom is 0.251 e. The number of rotatable bonds is 6. The lowest BCUT2D eigenvalue weighted by atomic mass is 10.1. The third-order valence-corrected chi connectivity index (χ3v) is 4.51. The third kappa shape index (κ3) is 3.72. The van der Waals surface area contributed by atoms with E-state index in [0.29, 0.717) is 17.6 Å². The number of aryl methyl sites for hydroxylation is 2. The first-order valence-corrected chi connectivity index (χ1v) is 8.90. The van der Waals surface area contributed by atoms with E-state index in [2.05, 4.69) is 32.0 Å². The minimum absolute atomic E-state index is 0.100. The fourth-order valence-electron chi connectivity index (χ4n) is 3.02. The molecule has 2 aromatic heterocycles. The topological polar surface area (TPSA) is 88.5 Å². The van der Waals surface area contributed by atoms with Gasteiger partial charge in [0.25, 0.3) is 5.91 Å². The van der Waals surface area contributed by atoms with Crippen LogP contribution in [0.4, 0.5) is 0 Å². The van der Waals surface area contributed by atoms with E-state index in [1.54, 1.807) is 18.2 Å². The summed E-state index contributed by atoms with van der Waals surface area (Å²) in [7, 11) is 0. The molecule has 136 valence electrons. The summed E-state index contributed by atoms with van der Waals surface area (Å²) in [4.78, 5) is 12.3. The summed E-state index contributed by atoms with van der Waals surface area (Å²) in [5.41, 5.74) is 5.27. The number of fused-ring (bicyclic) bond motifs is 1. The molecule has 2 aromatic carbocycles. The van der Waals surface area contributed by atoms with Crippen LogP contribution in [0.3, 0.4) is 0 Å². The lowest BCUT2D eigenvalue weighted by molar-refractivity contribution is 0.0953. The van der Waals surface area contributed by atoms with Gasteiger partial charge in [0.2, 0.25) is 0 Å². The SMILES string of the molecule is Cc1nn(-c2ccccc2)cc1CCCNC(=O)c1ccc2n[nH]nc2c1. The van der Waals surface area contributed by atoms with Crippen LogP contribution in [0.2, 0.25) is 0 Å². The van der Waals surface area contributed by atoms with Gasteiger partial charge in [-0.3, -0.25) is 4.79 Å². The van der Waals surface area contributed by atoms with Crippen LogP contribution in [0.5, 0.6) is 0 Å². The van der Waals surface area contributed by atoms with Crippen molar-refractivity contribution in [3.05, 3.63) is 71.5 Å². The molecule has 7 heteroatoms. The Morgan fingerprint density at radius 2 is 1.93 bits per heavy atom. The molecule has 0 fully saturated rings. The van der Waals surface area contributed by atoms with E-state index in [0.717, 1.165) is 29.7 Å². The largest absolute Gasteiger partial charge is 0.352 e. The average Bonchev–Trinajstić information content (AvgIpc) is 3.31. The standard InChI is InChI=1S/C20H20N6O/c1-14-16(13-26(24-14)17-7-3-2-4-8-17)6-5-11-21-20(27)15-9-10-18-19(12-15)23-25-22-18/h2-4,7-10,12-13H,5-6,11H2,1H3,(H,21,27)(H,22,23,25). The van der Waals surface area contributed by atoms with Crippen LogP contribution >= 0.6 is 0 Å². The summed E-state index contributed by atoms with van der Waals surface area (Å²) in [5.74, 6) is -0.100. The number of hydrogen-bond acceptors (Lipinski definition) is 4. The molecule has 0 radical (unpaired) electrons. The zero-order valence-electron chi connectivity index (χ0n) is 15.0. The maximum absolute atomic E-state index is 12.3. The van der Waals surface area contributed by atoms with Crippen molar-refractivity contribution in [1.82, 2.24) is 30.5 Å². The van der Waals surface area contributed by atoms with E-state index in [1.165, 1.54) is 5.56 Å². The summed E-state index contributed by atoms with van der Waals surface area (Å²) in [6.45, 7) is 2.62. The van der Waals surface area contributed by atoms with Gasteiger partial charge in [0.05, 0.1) is 11.4 Å². The minimum Gasteiger partial charge on any atom is -0.352 e. The lowest BCUT2D eigenvalue weighted by Crippen LogP contribution is -2.24. The highest BCUT2D eigenvalue weighted by Gasteiger charge is 2.09. The van der Waals surface area contributed by atoms with Crippen LogP contribution in [-0.2, 0) is 6.42 Å². The van der Waals surface area contributed by atoms with Crippen LogP contribution < -0.4 is 5.32 Å². The van der Waals surface area contributed by atoms with E-state index in [-0.39, 0.29) is 5.91 Å². The number of carbonyl (C=O) groups is 1. The summed E-state index contributed by atoms with van der Waals surface area (Å²) in [5, 5.41) is 18.1. The van der Waals surface area contributed by atoms with Crippen LogP contribution in [0.15, 0.2) is 54.7 Å². The van der Waals surface area contributed by atoms with Gasteiger partial charge in [-0.25, -0.2) is 4.68 Å². The second-order valence-electron chi connectivity index (χ2n) is 6.41. The Morgan fingerprint density at radius 1 is 1.11 bits per heavy atom. The molecule has 0 saturated carbocycles. The van der Waals surface area contributed by atoms with Crippen LogP contribution in [-0.4, -0.2) is 37.6 Å². The van der Waals surface area contributed by atoms with Gasteiger partial charge in [-0.05, 0) is 55.7 Å². The summed E-state index contributed by atoms with van der Waals surface area (Å²) in [6.07, 6.45) is 3.77. The Hall–Kier alpha value is -3.48. The second-order valence-corrected chi connectivity index (χ2v) is 6.41. The molecule has 1 amide bonds. The molecule has 0 aliphatic carbocycles. The molecule has 0 spiro atoms. The Bertz CT molecular complexity index is 1070. The smallest absolute Gasteiger partial charge is 0.251 e. The molecule has 7 nitrogen and oxygen atoms in total. The number of nitrogens with one attached hydrogen (secondary N) is 2. The number of hydrogen-bond donors (Lipinski definition) is 2.